The highest BCUT2D eigenvalue weighted by atomic mass is 16.1. The number of likely N-dealkylation sites (N-methyl/N-ethyl adjacent to an activating group) is 1. The van der Waals surface area contributed by atoms with Crippen LogP contribution in [0.5, 0.6) is 0 Å². The van der Waals surface area contributed by atoms with E-state index in [1.807, 2.05) is 25.3 Å². The minimum absolute atomic E-state index is 0.00350. The van der Waals surface area contributed by atoms with E-state index in [4.69, 9.17) is 0 Å². The molecule has 8 heteroatoms. The number of hydrogen-bond donors (Lipinski definition) is 3. The molecule has 1 aliphatic heterocycles. The average molecular weight is 494 g/mol. The summed E-state index contributed by atoms with van der Waals surface area (Å²) in [4.78, 5) is 24.9. The van der Waals surface area contributed by atoms with E-state index in [1.54, 1.807) is 6.20 Å². The molecule has 5 aromatic rings. The van der Waals surface area contributed by atoms with Crippen LogP contribution in [0.1, 0.15) is 19.8 Å². The van der Waals surface area contributed by atoms with Crippen LogP contribution in [0.15, 0.2) is 60.9 Å². The number of carbonyl (C=O) groups is 1. The second-order valence-corrected chi connectivity index (χ2v) is 9.80. The average Bonchev–Trinajstić information content (AvgIpc) is 3.53. The maximum Gasteiger partial charge on any atom is 0.224 e. The van der Waals surface area contributed by atoms with Gasteiger partial charge in [0.2, 0.25) is 5.91 Å². The molecule has 8 nitrogen and oxygen atoms in total. The van der Waals surface area contributed by atoms with Crippen molar-refractivity contribution < 1.29 is 4.79 Å². The van der Waals surface area contributed by atoms with Crippen LogP contribution in [-0.4, -0.2) is 64.2 Å². The number of anilines is 2. The van der Waals surface area contributed by atoms with E-state index in [2.05, 4.69) is 78.7 Å². The number of pyridine rings is 1. The van der Waals surface area contributed by atoms with Crippen LogP contribution < -0.4 is 10.2 Å². The zero-order chi connectivity index (χ0) is 25.4. The zero-order valence-electron chi connectivity index (χ0n) is 21.2. The molecule has 2 aromatic carbocycles. The molecule has 3 N–H and O–H groups in total. The third-order valence-corrected chi connectivity index (χ3v) is 7.14. The molecule has 0 spiro atoms. The van der Waals surface area contributed by atoms with Gasteiger partial charge in [-0.25, -0.2) is 0 Å². The van der Waals surface area contributed by atoms with Gasteiger partial charge in [0.25, 0.3) is 0 Å². The highest BCUT2D eigenvalue weighted by molar-refractivity contribution is 6.01. The second-order valence-electron chi connectivity index (χ2n) is 9.80. The van der Waals surface area contributed by atoms with Crippen LogP contribution in [0.3, 0.4) is 0 Å². The first-order valence-electron chi connectivity index (χ1n) is 12.9. The first-order chi connectivity index (χ1) is 18.1. The largest absolute Gasteiger partial charge is 0.368 e. The molecule has 3 aromatic heterocycles. The molecule has 1 aliphatic rings. The van der Waals surface area contributed by atoms with Gasteiger partial charge < -0.3 is 20.1 Å². The fourth-order valence-corrected chi connectivity index (χ4v) is 5.11. The van der Waals surface area contributed by atoms with Gasteiger partial charge in [-0.1, -0.05) is 19.1 Å². The molecule has 1 saturated heterocycles. The maximum atomic E-state index is 12.1. The van der Waals surface area contributed by atoms with Crippen molar-refractivity contribution in [3.63, 3.8) is 0 Å². The molecule has 0 unspecified atom stereocenters. The van der Waals surface area contributed by atoms with E-state index in [9.17, 15) is 4.79 Å². The maximum absolute atomic E-state index is 12.1. The van der Waals surface area contributed by atoms with Crippen molar-refractivity contribution in [3.8, 4) is 22.5 Å². The highest BCUT2D eigenvalue weighted by Gasteiger charge is 2.19. The Labute approximate surface area is 215 Å². The minimum Gasteiger partial charge on any atom is -0.368 e. The van der Waals surface area contributed by atoms with Crippen LogP contribution in [0.2, 0.25) is 0 Å². The number of nitrogens with one attached hydrogen (secondary N) is 3. The summed E-state index contributed by atoms with van der Waals surface area (Å²) in [7, 11) is 2.18. The summed E-state index contributed by atoms with van der Waals surface area (Å²) in [6.45, 7) is 6.18. The number of H-pyrrole nitrogens is 2. The monoisotopic (exact) mass is 493 g/mol. The van der Waals surface area contributed by atoms with Crippen molar-refractivity contribution in [1.29, 1.82) is 0 Å². The molecule has 0 radical (unpaired) electrons. The Kier molecular flexibility index (Phi) is 6.10. The Morgan fingerprint density at radius 3 is 2.68 bits per heavy atom. The van der Waals surface area contributed by atoms with Gasteiger partial charge in [0, 0.05) is 66.3 Å². The van der Waals surface area contributed by atoms with Crippen LogP contribution in [0.25, 0.3) is 44.3 Å². The Morgan fingerprint density at radius 1 is 0.973 bits per heavy atom. The Bertz CT molecular complexity index is 1580. The standard InChI is InChI=1S/C29H31N7O/c1-3-5-28(37)31-21-14-20(17-30-18-21)19-8-9-25-23(15-19)29(34-33-25)26-16-22-24(32-26)6-4-7-27(22)36-12-10-35(2)11-13-36/h4,6-9,14-18,32H,3,5,10-13H2,1-2H3,(H,31,37)(H,33,34). The fraction of sp³-hybridized carbons (Fsp3) is 0.276. The third-order valence-electron chi connectivity index (χ3n) is 7.14. The number of carbonyl (C=O) groups excluding carboxylic acids is 1. The van der Waals surface area contributed by atoms with Crippen LogP contribution >= 0.6 is 0 Å². The molecule has 0 bridgehead atoms. The lowest BCUT2D eigenvalue weighted by Crippen LogP contribution is -2.44. The summed E-state index contributed by atoms with van der Waals surface area (Å²) < 4.78 is 0. The van der Waals surface area contributed by atoms with Gasteiger partial charge in [0.1, 0.15) is 5.69 Å². The topological polar surface area (TPSA) is 92.9 Å². The molecule has 0 aliphatic carbocycles. The Morgan fingerprint density at radius 2 is 1.84 bits per heavy atom. The SMILES string of the molecule is CCCC(=O)Nc1cncc(-c2ccc3[nH]nc(-c4cc5c(N6CCN(C)CC6)cccc5[nH]4)c3c2)c1. The van der Waals surface area contributed by atoms with Gasteiger partial charge in [-0.3, -0.25) is 14.9 Å². The van der Waals surface area contributed by atoms with Gasteiger partial charge >= 0.3 is 0 Å². The van der Waals surface area contributed by atoms with Gasteiger partial charge in [-0.15, -0.1) is 0 Å². The molecular formula is C29H31N7O. The molecular weight excluding hydrogens is 462 g/mol. The summed E-state index contributed by atoms with van der Waals surface area (Å²) >= 11 is 0. The van der Waals surface area contributed by atoms with Gasteiger partial charge in [0.15, 0.2) is 0 Å². The number of aromatic nitrogens is 4. The predicted molar refractivity (Wildman–Crippen MR) is 150 cm³/mol. The zero-order valence-corrected chi connectivity index (χ0v) is 21.2. The molecule has 4 heterocycles. The molecule has 0 saturated carbocycles. The van der Waals surface area contributed by atoms with E-state index in [0.29, 0.717) is 12.1 Å². The van der Waals surface area contributed by atoms with Crippen molar-refractivity contribution in [2.45, 2.75) is 19.8 Å². The lowest BCUT2D eigenvalue weighted by molar-refractivity contribution is -0.116. The van der Waals surface area contributed by atoms with Crippen molar-refractivity contribution >= 4 is 39.1 Å². The lowest BCUT2D eigenvalue weighted by atomic mass is 10.0. The van der Waals surface area contributed by atoms with Gasteiger partial charge in [-0.2, -0.15) is 5.10 Å². The summed E-state index contributed by atoms with van der Waals surface area (Å²) in [5.41, 5.74) is 7.88. The molecule has 1 amide bonds. The van der Waals surface area contributed by atoms with Crippen molar-refractivity contribution in [3.05, 3.63) is 60.9 Å². The second kappa shape index (κ2) is 9.71. The first kappa shape index (κ1) is 23.2. The predicted octanol–water partition coefficient (Wildman–Crippen LogP) is 5.26. The van der Waals surface area contributed by atoms with Gasteiger partial charge in [0.05, 0.1) is 23.1 Å². The highest BCUT2D eigenvalue weighted by Crippen LogP contribution is 2.35. The summed E-state index contributed by atoms with van der Waals surface area (Å²) in [6.07, 6.45) is 4.81. The number of amides is 1. The molecule has 6 rings (SSSR count). The number of fused-ring (bicyclic) bond motifs is 2. The quantitative estimate of drug-likeness (QED) is 0.300. The van der Waals surface area contributed by atoms with E-state index in [0.717, 1.165) is 71.5 Å². The van der Waals surface area contributed by atoms with Crippen molar-refractivity contribution in [2.75, 3.05) is 43.4 Å². The van der Waals surface area contributed by atoms with Crippen LogP contribution in [0.4, 0.5) is 11.4 Å². The lowest BCUT2D eigenvalue weighted by Gasteiger charge is -2.34. The van der Waals surface area contributed by atoms with Crippen LogP contribution in [0, 0.1) is 0 Å². The fourth-order valence-electron chi connectivity index (χ4n) is 5.11. The number of aromatic amines is 2. The Hall–Kier alpha value is -4.17. The number of benzene rings is 2. The van der Waals surface area contributed by atoms with Gasteiger partial charge in [-0.05, 0) is 55.4 Å². The van der Waals surface area contributed by atoms with Crippen molar-refractivity contribution in [2.24, 2.45) is 0 Å². The third kappa shape index (κ3) is 4.56. The number of rotatable bonds is 6. The smallest absolute Gasteiger partial charge is 0.224 e. The van der Waals surface area contributed by atoms with E-state index < -0.39 is 0 Å². The summed E-state index contributed by atoms with van der Waals surface area (Å²) in [5, 5.41) is 13.1. The normalized spacial score (nSPS) is 14.5. The van der Waals surface area contributed by atoms with Crippen LogP contribution in [-0.2, 0) is 4.79 Å². The van der Waals surface area contributed by atoms with E-state index in [-0.39, 0.29) is 5.91 Å². The molecule has 188 valence electrons. The Balaban J connectivity index is 1.35. The number of hydrogen-bond acceptors (Lipinski definition) is 5. The summed E-state index contributed by atoms with van der Waals surface area (Å²) in [5.74, 6) is 0.00350. The molecule has 0 atom stereocenters. The minimum atomic E-state index is 0.00350. The van der Waals surface area contributed by atoms with E-state index >= 15 is 0 Å². The molecule has 37 heavy (non-hydrogen) atoms. The summed E-state index contributed by atoms with van der Waals surface area (Å²) in [6, 6.07) is 16.9. The van der Waals surface area contributed by atoms with E-state index in [1.165, 1.54) is 11.1 Å². The van der Waals surface area contributed by atoms with Crippen molar-refractivity contribution in [1.82, 2.24) is 25.1 Å². The molecule has 1 fully saturated rings. The number of piperazine rings is 1. The number of nitrogens with zero attached hydrogens (tertiary/aromatic N) is 4. The first-order valence-corrected chi connectivity index (χ1v) is 12.9.